The molecule has 1 fully saturated rings. The molecule has 0 bridgehead atoms. The van der Waals surface area contributed by atoms with Gasteiger partial charge in [0, 0.05) is 57.3 Å². The second kappa shape index (κ2) is 14.1. The molecule has 2 unspecified atom stereocenters. The quantitative estimate of drug-likeness (QED) is 0.400. The van der Waals surface area contributed by atoms with Crippen LogP contribution in [0, 0.1) is 0 Å². The van der Waals surface area contributed by atoms with Crippen molar-refractivity contribution in [3.8, 4) is 0 Å². The van der Waals surface area contributed by atoms with E-state index >= 15 is 0 Å². The highest BCUT2D eigenvalue weighted by Gasteiger charge is 2.37. The number of aliphatic imine (C=N–C) groups is 1. The Balaban J connectivity index is 2.22. The number of amides is 1. The third-order valence-corrected chi connectivity index (χ3v) is 8.62. The number of likely N-dealkylation sites (N-methyl/N-ethyl adjacent to an activating group) is 1. The zero-order valence-electron chi connectivity index (χ0n) is 23.8. The molecule has 1 aromatic rings. The van der Waals surface area contributed by atoms with Gasteiger partial charge < -0.3 is 20.7 Å². The lowest BCUT2D eigenvalue weighted by Gasteiger charge is -2.39. The molecule has 0 saturated carbocycles. The van der Waals surface area contributed by atoms with E-state index in [1.54, 1.807) is 24.2 Å². The number of allylic oxidation sites excluding steroid dienone is 1. The number of halogens is 1. The van der Waals surface area contributed by atoms with E-state index in [-0.39, 0.29) is 18.6 Å². The van der Waals surface area contributed by atoms with Crippen LogP contribution in [-0.2, 0) is 19.6 Å². The van der Waals surface area contributed by atoms with Gasteiger partial charge in [0.1, 0.15) is 6.61 Å². The van der Waals surface area contributed by atoms with Gasteiger partial charge in [-0.1, -0.05) is 37.4 Å². The standard InChI is InChI=1S/C29H39ClN6O4S/c1-7-32-27-20(4)16-24(28(25(18-31)34(5)8-2)33-26(37)19-40-9-3)23-17-21(30)10-11-22(23)29(27)35-12-14-36(15-13-35)41(6,38)39/h7-8,10-11,16-18,28-29H,1-2,4,9,12-15,19,31H2,3,5-6H3,(H,33,37)/b25-18-,32-27+. The molecule has 0 radical (unpaired) electrons. The first-order valence-electron chi connectivity index (χ1n) is 13.2. The van der Waals surface area contributed by atoms with Crippen molar-refractivity contribution in [3.05, 3.63) is 90.0 Å². The maximum atomic E-state index is 13.0. The number of carbonyl (C=O) groups excluding carboxylic acids is 1. The van der Waals surface area contributed by atoms with E-state index in [4.69, 9.17) is 22.1 Å². The summed E-state index contributed by atoms with van der Waals surface area (Å²) in [7, 11) is -1.53. The zero-order valence-corrected chi connectivity index (χ0v) is 25.4. The molecule has 3 N–H and O–H groups in total. The zero-order chi connectivity index (χ0) is 30.3. The van der Waals surface area contributed by atoms with Crippen LogP contribution in [0.2, 0.25) is 5.02 Å². The van der Waals surface area contributed by atoms with Gasteiger partial charge >= 0.3 is 0 Å². The number of rotatable bonds is 11. The number of piperazine rings is 1. The van der Waals surface area contributed by atoms with E-state index in [1.165, 1.54) is 23.0 Å². The van der Waals surface area contributed by atoms with E-state index in [9.17, 15) is 13.2 Å². The second-order valence-electron chi connectivity index (χ2n) is 9.68. The second-order valence-corrected chi connectivity index (χ2v) is 12.1. The highest BCUT2D eigenvalue weighted by Crippen LogP contribution is 2.40. The minimum Gasteiger partial charge on any atom is -0.403 e. The molecule has 222 valence electrons. The molecule has 1 aliphatic heterocycles. The first kappa shape index (κ1) is 32.3. The minimum atomic E-state index is -3.32. The Labute approximate surface area is 248 Å². The predicted octanol–water partition coefficient (Wildman–Crippen LogP) is 2.89. The van der Waals surface area contributed by atoms with Gasteiger partial charge in [-0.25, -0.2) is 8.42 Å². The molecule has 3 rings (SSSR count). The highest BCUT2D eigenvalue weighted by molar-refractivity contribution is 7.88. The lowest BCUT2D eigenvalue weighted by molar-refractivity contribution is -0.125. The van der Waals surface area contributed by atoms with Crippen molar-refractivity contribution in [2.45, 2.75) is 19.0 Å². The Morgan fingerprint density at radius 3 is 2.56 bits per heavy atom. The summed E-state index contributed by atoms with van der Waals surface area (Å²) in [6.07, 6.45) is 7.58. The number of nitrogens with zero attached hydrogens (tertiary/aromatic N) is 4. The molecule has 1 saturated heterocycles. The van der Waals surface area contributed by atoms with Gasteiger partial charge in [0.15, 0.2) is 0 Å². The highest BCUT2D eigenvalue weighted by atomic mass is 35.5. The van der Waals surface area contributed by atoms with Crippen LogP contribution in [-0.4, -0.2) is 92.9 Å². The van der Waals surface area contributed by atoms with Gasteiger partial charge in [0.2, 0.25) is 15.9 Å². The van der Waals surface area contributed by atoms with Crippen LogP contribution in [0.3, 0.4) is 0 Å². The van der Waals surface area contributed by atoms with Gasteiger partial charge in [0.05, 0.1) is 29.7 Å². The summed E-state index contributed by atoms with van der Waals surface area (Å²) in [5, 5.41) is 3.56. The summed E-state index contributed by atoms with van der Waals surface area (Å²) >= 11 is 6.56. The van der Waals surface area contributed by atoms with Crippen LogP contribution in [0.4, 0.5) is 0 Å². The average Bonchev–Trinajstić information content (AvgIpc) is 3.05. The lowest BCUT2D eigenvalue weighted by Crippen LogP contribution is -2.50. The Bertz CT molecular complexity index is 1380. The largest absolute Gasteiger partial charge is 0.403 e. The summed E-state index contributed by atoms with van der Waals surface area (Å²) in [6, 6.07) is 4.46. The van der Waals surface area contributed by atoms with Gasteiger partial charge in [-0.05, 0) is 53.6 Å². The van der Waals surface area contributed by atoms with Crippen molar-refractivity contribution in [2.75, 3.05) is 52.7 Å². The Morgan fingerprint density at radius 2 is 2.00 bits per heavy atom. The van der Waals surface area contributed by atoms with E-state index in [0.29, 0.717) is 60.4 Å². The molecule has 2 atom stereocenters. The molecule has 0 spiro atoms. The maximum Gasteiger partial charge on any atom is 0.246 e. The van der Waals surface area contributed by atoms with Crippen molar-refractivity contribution in [1.82, 2.24) is 19.4 Å². The number of carbonyl (C=O) groups is 1. The Morgan fingerprint density at radius 1 is 1.32 bits per heavy atom. The topological polar surface area (TPSA) is 121 Å². The predicted molar refractivity (Wildman–Crippen MR) is 166 cm³/mol. The average molecular weight is 603 g/mol. The molecule has 1 heterocycles. The summed E-state index contributed by atoms with van der Waals surface area (Å²) in [4.78, 5) is 21.5. The third-order valence-electron chi connectivity index (χ3n) is 7.08. The summed E-state index contributed by atoms with van der Waals surface area (Å²) in [5.74, 6) is -0.332. The fourth-order valence-corrected chi connectivity index (χ4v) is 6.06. The molecule has 2 aliphatic rings. The number of hydrogen-bond acceptors (Lipinski definition) is 8. The van der Waals surface area contributed by atoms with Crippen LogP contribution in [0.15, 0.2) is 78.9 Å². The van der Waals surface area contributed by atoms with E-state index in [2.05, 4.69) is 34.9 Å². The number of nitrogens with two attached hydrogens (primary N) is 1. The normalized spacial score (nSPS) is 20.5. The van der Waals surface area contributed by atoms with Gasteiger partial charge in [-0.15, -0.1) is 0 Å². The molecular formula is C29H39ClN6O4S. The molecule has 1 amide bonds. The van der Waals surface area contributed by atoms with Gasteiger partial charge in [0.25, 0.3) is 0 Å². The van der Waals surface area contributed by atoms with Gasteiger partial charge in [-0.2, -0.15) is 4.31 Å². The maximum absolute atomic E-state index is 13.0. The van der Waals surface area contributed by atoms with Crippen molar-refractivity contribution in [3.63, 3.8) is 0 Å². The van der Waals surface area contributed by atoms with E-state index in [0.717, 1.165) is 11.1 Å². The van der Waals surface area contributed by atoms with Crippen LogP contribution in [0.1, 0.15) is 24.1 Å². The van der Waals surface area contributed by atoms with Gasteiger partial charge in [-0.3, -0.25) is 14.7 Å². The van der Waals surface area contributed by atoms with E-state index < -0.39 is 16.1 Å². The number of sulfonamides is 1. The molecule has 12 heteroatoms. The summed E-state index contributed by atoms with van der Waals surface area (Å²) < 4.78 is 31.2. The fourth-order valence-electron chi connectivity index (χ4n) is 5.06. The molecular weight excluding hydrogens is 564 g/mol. The smallest absolute Gasteiger partial charge is 0.246 e. The first-order valence-corrected chi connectivity index (χ1v) is 15.4. The summed E-state index contributed by atoms with van der Waals surface area (Å²) in [6.45, 7) is 15.7. The van der Waals surface area contributed by atoms with Crippen LogP contribution < -0.4 is 11.1 Å². The number of ether oxygens (including phenoxy) is 1. The molecule has 10 nitrogen and oxygen atoms in total. The van der Waals surface area contributed by atoms with E-state index in [1.807, 2.05) is 25.1 Å². The van der Waals surface area contributed by atoms with Crippen LogP contribution >= 0.6 is 11.6 Å². The van der Waals surface area contributed by atoms with Crippen molar-refractivity contribution in [2.24, 2.45) is 10.7 Å². The van der Waals surface area contributed by atoms with Crippen LogP contribution in [0.5, 0.6) is 0 Å². The monoisotopic (exact) mass is 602 g/mol. The number of nitrogens with one attached hydrogen (secondary N) is 1. The van der Waals surface area contributed by atoms with Crippen molar-refractivity contribution < 1.29 is 17.9 Å². The molecule has 41 heavy (non-hydrogen) atoms. The first-order chi connectivity index (χ1) is 19.5. The summed E-state index contributed by atoms with van der Waals surface area (Å²) in [5.41, 5.74) is 10.3. The van der Waals surface area contributed by atoms with Crippen molar-refractivity contribution >= 4 is 38.8 Å². The Hall–Kier alpha value is -3.22. The molecule has 1 aromatic carbocycles. The third kappa shape index (κ3) is 7.55. The lowest BCUT2D eigenvalue weighted by atomic mass is 9.89. The van der Waals surface area contributed by atoms with Crippen molar-refractivity contribution in [1.29, 1.82) is 0 Å². The molecule has 1 aliphatic carbocycles. The van der Waals surface area contributed by atoms with Crippen LogP contribution in [0.25, 0.3) is 5.57 Å². The Kier molecular flexibility index (Phi) is 11.1. The molecule has 0 aromatic heterocycles. The number of fused-ring (bicyclic) bond motifs is 1. The number of hydrogen-bond donors (Lipinski definition) is 2. The SMILES string of the molecule is C=C/N=C1\C(=C)C=C(C(NC(=O)COCC)/C(=C/N)N(C)C=C)c2cc(Cl)ccc2C1N1CCN(S(C)(=O)=O)CC1. The fraction of sp³-hybridized carbons (Fsp3) is 0.379. The minimum absolute atomic E-state index is 0.129. The number of benzene rings is 1.